The van der Waals surface area contributed by atoms with Gasteiger partial charge in [0.15, 0.2) is 0 Å². The first-order valence-corrected chi connectivity index (χ1v) is 14.1. The van der Waals surface area contributed by atoms with Crippen LogP contribution in [0.5, 0.6) is 11.5 Å². The topological polar surface area (TPSA) is 95.5 Å². The molecule has 0 unspecified atom stereocenters. The molecule has 2 aliphatic rings. The number of anilines is 1. The Labute approximate surface area is 239 Å². The number of aromatic nitrogens is 3. The maximum atomic E-state index is 12.1. The number of carbonyl (C=O) groups is 1. The number of hydrogen-bond donors (Lipinski definition) is 1. The maximum absolute atomic E-state index is 12.1. The first kappa shape index (κ1) is 26.6. The van der Waals surface area contributed by atoms with Crippen LogP contribution in [0.25, 0.3) is 22.2 Å². The molecule has 2 saturated heterocycles. The SMILES string of the molecule is C=CC(=O)N1CCC(C#Cc2c(-c3ccc(Oc4ccccc4)cc3)c3c(N)ncnc3n2C2CCOCC2)CC1. The van der Waals surface area contributed by atoms with Crippen LogP contribution in [-0.4, -0.2) is 51.6 Å². The zero-order chi connectivity index (χ0) is 28.2. The molecule has 8 heteroatoms. The summed E-state index contributed by atoms with van der Waals surface area (Å²) in [5.74, 6) is 9.23. The molecule has 0 radical (unpaired) electrons. The third kappa shape index (κ3) is 5.54. The van der Waals surface area contributed by atoms with Crippen molar-refractivity contribution in [1.29, 1.82) is 0 Å². The van der Waals surface area contributed by atoms with Crippen molar-refractivity contribution in [1.82, 2.24) is 19.4 Å². The highest BCUT2D eigenvalue weighted by Crippen LogP contribution is 2.40. The van der Waals surface area contributed by atoms with E-state index in [2.05, 4.69) is 28.0 Å². The van der Waals surface area contributed by atoms with Crippen molar-refractivity contribution in [2.24, 2.45) is 5.92 Å². The maximum Gasteiger partial charge on any atom is 0.245 e. The molecule has 208 valence electrons. The van der Waals surface area contributed by atoms with Crippen LogP contribution in [-0.2, 0) is 9.53 Å². The third-order valence-corrected chi connectivity index (χ3v) is 7.87. The van der Waals surface area contributed by atoms with Crippen LogP contribution in [0.15, 0.2) is 73.6 Å². The minimum atomic E-state index is -0.0212. The number of piperidine rings is 1. The molecule has 2 N–H and O–H groups in total. The predicted molar refractivity (Wildman–Crippen MR) is 159 cm³/mol. The molecule has 41 heavy (non-hydrogen) atoms. The van der Waals surface area contributed by atoms with Crippen LogP contribution in [0.3, 0.4) is 0 Å². The number of carbonyl (C=O) groups excluding carboxylic acids is 1. The van der Waals surface area contributed by atoms with Crippen molar-refractivity contribution in [2.75, 3.05) is 32.0 Å². The Balaban J connectivity index is 1.42. The summed E-state index contributed by atoms with van der Waals surface area (Å²) >= 11 is 0. The number of hydrogen-bond acceptors (Lipinski definition) is 6. The molecule has 8 nitrogen and oxygen atoms in total. The predicted octanol–water partition coefficient (Wildman–Crippen LogP) is 5.60. The monoisotopic (exact) mass is 547 g/mol. The van der Waals surface area contributed by atoms with Gasteiger partial charge in [0.1, 0.15) is 35.0 Å². The average molecular weight is 548 g/mol. The molecule has 0 spiro atoms. The van der Waals surface area contributed by atoms with Gasteiger partial charge in [0.2, 0.25) is 5.91 Å². The molecule has 4 heterocycles. The number of likely N-dealkylation sites (tertiary alicyclic amines) is 1. The van der Waals surface area contributed by atoms with Gasteiger partial charge in [0.05, 0.1) is 5.39 Å². The number of benzene rings is 2. The number of ether oxygens (including phenoxy) is 2. The second-order valence-electron chi connectivity index (χ2n) is 10.4. The van der Waals surface area contributed by atoms with Gasteiger partial charge in [-0.1, -0.05) is 42.8 Å². The van der Waals surface area contributed by atoms with Crippen molar-refractivity contribution >= 4 is 22.8 Å². The average Bonchev–Trinajstić information content (AvgIpc) is 3.36. The Kier molecular flexibility index (Phi) is 7.70. The second kappa shape index (κ2) is 11.9. The van der Waals surface area contributed by atoms with Crippen LogP contribution < -0.4 is 10.5 Å². The summed E-state index contributed by atoms with van der Waals surface area (Å²) in [6.07, 6.45) is 6.30. The molecule has 6 rings (SSSR count). The van der Waals surface area contributed by atoms with E-state index in [-0.39, 0.29) is 17.9 Å². The Bertz CT molecular complexity index is 1600. The molecule has 0 saturated carbocycles. The lowest BCUT2D eigenvalue weighted by atomic mass is 9.96. The van der Waals surface area contributed by atoms with Gasteiger partial charge in [-0.15, -0.1) is 0 Å². The van der Waals surface area contributed by atoms with Gasteiger partial charge in [-0.3, -0.25) is 4.79 Å². The van der Waals surface area contributed by atoms with Crippen LogP contribution in [0.4, 0.5) is 5.82 Å². The minimum Gasteiger partial charge on any atom is -0.457 e. The summed E-state index contributed by atoms with van der Waals surface area (Å²) < 4.78 is 14.0. The molecule has 1 amide bonds. The molecule has 4 aromatic rings. The lowest BCUT2D eigenvalue weighted by Crippen LogP contribution is -2.37. The van der Waals surface area contributed by atoms with E-state index in [4.69, 9.17) is 20.2 Å². The zero-order valence-electron chi connectivity index (χ0n) is 23.0. The van der Waals surface area contributed by atoms with Crippen molar-refractivity contribution in [3.05, 3.63) is 79.3 Å². The standard InChI is InChI=1S/C33H33N5O3/c1-2-29(39)37-18-14-23(15-19-37)8-13-28-30(24-9-11-27(12-10-24)41-26-6-4-3-5-7-26)31-32(34)35-22-36-33(31)38(28)25-16-20-40-21-17-25/h2-7,9-12,22-23,25H,1,14-21H2,(H2,34,35,36). The van der Waals surface area contributed by atoms with Gasteiger partial charge < -0.3 is 24.7 Å². The highest BCUT2D eigenvalue weighted by atomic mass is 16.5. The number of nitrogens with two attached hydrogens (primary N) is 1. The Morgan fingerprint density at radius 2 is 1.71 bits per heavy atom. The van der Waals surface area contributed by atoms with Gasteiger partial charge >= 0.3 is 0 Å². The summed E-state index contributed by atoms with van der Waals surface area (Å²) in [4.78, 5) is 23.0. The first-order valence-electron chi connectivity index (χ1n) is 14.1. The van der Waals surface area contributed by atoms with Crippen molar-refractivity contribution in [3.63, 3.8) is 0 Å². The van der Waals surface area contributed by atoms with E-state index in [1.54, 1.807) is 0 Å². The summed E-state index contributed by atoms with van der Waals surface area (Å²) in [7, 11) is 0. The number of rotatable bonds is 5. The summed E-state index contributed by atoms with van der Waals surface area (Å²) in [6.45, 7) is 6.36. The van der Waals surface area contributed by atoms with Crippen LogP contribution in [0.1, 0.15) is 37.4 Å². The van der Waals surface area contributed by atoms with E-state index < -0.39 is 0 Å². The van der Waals surface area contributed by atoms with Gasteiger partial charge in [-0.2, -0.15) is 0 Å². The number of para-hydroxylation sites is 1. The molecule has 2 aliphatic heterocycles. The summed E-state index contributed by atoms with van der Waals surface area (Å²) in [5, 5.41) is 0.811. The van der Waals surface area contributed by atoms with Crippen molar-refractivity contribution < 1.29 is 14.3 Å². The van der Waals surface area contributed by atoms with E-state index in [1.807, 2.05) is 59.5 Å². The smallest absolute Gasteiger partial charge is 0.245 e. The largest absolute Gasteiger partial charge is 0.457 e. The number of amides is 1. The van der Waals surface area contributed by atoms with Gasteiger partial charge in [-0.05, 0) is 67.5 Å². The molecular weight excluding hydrogens is 514 g/mol. The quantitative estimate of drug-likeness (QED) is 0.258. The normalized spacial score (nSPS) is 16.2. The Hall–Kier alpha value is -4.61. The Morgan fingerprint density at radius 3 is 2.41 bits per heavy atom. The van der Waals surface area contributed by atoms with Gasteiger partial charge in [-0.25, -0.2) is 9.97 Å². The summed E-state index contributed by atoms with van der Waals surface area (Å²) in [5.41, 5.74) is 10.1. The number of nitrogens with zero attached hydrogens (tertiary/aromatic N) is 4. The van der Waals surface area contributed by atoms with E-state index in [1.165, 1.54) is 12.4 Å². The first-order chi connectivity index (χ1) is 20.1. The minimum absolute atomic E-state index is 0.0212. The molecule has 2 aromatic heterocycles. The highest BCUT2D eigenvalue weighted by Gasteiger charge is 2.27. The van der Waals surface area contributed by atoms with E-state index in [0.29, 0.717) is 32.1 Å². The summed E-state index contributed by atoms with van der Waals surface area (Å²) in [6, 6.07) is 17.9. The molecule has 0 atom stereocenters. The third-order valence-electron chi connectivity index (χ3n) is 7.87. The van der Waals surface area contributed by atoms with Crippen LogP contribution >= 0.6 is 0 Å². The molecule has 0 aliphatic carbocycles. The fourth-order valence-electron chi connectivity index (χ4n) is 5.72. The highest BCUT2D eigenvalue weighted by molar-refractivity contribution is 6.03. The van der Waals surface area contributed by atoms with Gasteiger partial charge in [0.25, 0.3) is 0 Å². The van der Waals surface area contributed by atoms with E-state index in [0.717, 1.165) is 65.0 Å². The number of nitrogen functional groups attached to an aromatic ring is 1. The molecule has 2 fully saturated rings. The fourth-order valence-corrected chi connectivity index (χ4v) is 5.72. The van der Waals surface area contributed by atoms with Gasteiger partial charge in [0, 0.05) is 43.8 Å². The lowest BCUT2D eigenvalue weighted by Gasteiger charge is -2.29. The molecule has 0 bridgehead atoms. The Morgan fingerprint density at radius 1 is 1.00 bits per heavy atom. The lowest BCUT2D eigenvalue weighted by molar-refractivity contribution is -0.127. The van der Waals surface area contributed by atoms with Crippen molar-refractivity contribution in [2.45, 2.75) is 31.7 Å². The van der Waals surface area contributed by atoms with E-state index in [9.17, 15) is 4.79 Å². The second-order valence-corrected chi connectivity index (χ2v) is 10.4. The fraction of sp³-hybridized carbons (Fsp3) is 0.303. The molecule has 2 aromatic carbocycles. The van der Waals surface area contributed by atoms with E-state index >= 15 is 0 Å². The number of fused-ring (bicyclic) bond motifs is 1. The van der Waals surface area contributed by atoms with Crippen molar-refractivity contribution in [3.8, 4) is 34.5 Å². The van der Waals surface area contributed by atoms with Crippen LogP contribution in [0, 0.1) is 17.8 Å². The van der Waals surface area contributed by atoms with Crippen LogP contribution in [0.2, 0.25) is 0 Å². The molecular formula is C33H33N5O3. The zero-order valence-corrected chi connectivity index (χ0v) is 23.0.